The van der Waals surface area contributed by atoms with Crippen LogP contribution in [0.5, 0.6) is 40.2 Å². The van der Waals surface area contributed by atoms with Crippen LogP contribution in [0.15, 0.2) is 57.7 Å². The first-order valence-electron chi connectivity index (χ1n) is 27.0. The summed E-state index contributed by atoms with van der Waals surface area (Å²) in [6.45, 7) is 12.3. The highest BCUT2D eigenvalue weighted by Gasteiger charge is 2.74. The van der Waals surface area contributed by atoms with Crippen molar-refractivity contribution < 1.29 is 95.2 Å². The second-order valence-electron chi connectivity index (χ2n) is 19.5. The van der Waals surface area contributed by atoms with Crippen LogP contribution in [0.2, 0.25) is 0 Å². The summed E-state index contributed by atoms with van der Waals surface area (Å²) in [7, 11) is 0. The largest absolute Gasteiger partial charge is 0.462 e. The number of ketones is 1. The maximum atomic E-state index is 15.6. The van der Waals surface area contributed by atoms with Gasteiger partial charge in [0.2, 0.25) is 17.0 Å². The Hall–Kier alpha value is -7.65. The normalized spacial score (nSPS) is 20.9. The standard InChI is InChI=1S/C58H66O21/c1-8-15-44(59)69-34-28-40(73-48(63)19-12-5)51-41(29-34)75-54(55(53(51)66)76-50(65)21-14-7)32-22-24-37-39(26-32)77-57(68)56(67)52-42(74-49(64)20-13-6)30-35(70-45(60)16-9-2)31-43(52)79-58(57,78-37)33-23-25-36(71-46(61)17-10-3)38(27-33)72-47(62)18-11-4/h22-29,35,42-43,52,68H,8-21,30-31H2,1-7H3. The van der Waals surface area contributed by atoms with Crippen molar-refractivity contribution >= 4 is 58.5 Å². The van der Waals surface area contributed by atoms with E-state index >= 15 is 4.79 Å². The number of Topliss-reactive ketones (excluding diaryl/α,β-unsaturated/α-hetero) is 1. The molecule has 3 aromatic carbocycles. The molecule has 1 aromatic heterocycles. The van der Waals surface area contributed by atoms with Crippen molar-refractivity contribution in [2.45, 2.75) is 181 Å². The van der Waals surface area contributed by atoms with Crippen molar-refractivity contribution in [3.8, 4) is 51.6 Å². The zero-order valence-corrected chi connectivity index (χ0v) is 45.4. The van der Waals surface area contributed by atoms with Gasteiger partial charge in [-0.3, -0.25) is 43.2 Å². The Kier molecular flexibility index (Phi) is 19.3. The van der Waals surface area contributed by atoms with Gasteiger partial charge in [0.05, 0.1) is 12.0 Å². The number of aliphatic hydroxyl groups is 1. The van der Waals surface area contributed by atoms with Gasteiger partial charge in [-0.05, 0) is 81.3 Å². The molecule has 2 fully saturated rings. The van der Waals surface area contributed by atoms with Gasteiger partial charge in [-0.2, -0.15) is 0 Å². The maximum Gasteiger partial charge on any atom is 0.341 e. The lowest BCUT2D eigenvalue weighted by Gasteiger charge is -2.56. The Labute approximate surface area is 455 Å². The van der Waals surface area contributed by atoms with Crippen molar-refractivity contribution in [1.29, 1.82) is 0 Å². The third kappa shape index (κ3) is 12.9. The van der Waals surface area contributed by atoms with E-state index < -0.39 is 100 Å². The fourth-order valence-corrected chi connectivity index (χ4v) is 9.48. The van der Waals surface area contributed by atoms with Gasteiger partial charge in [0.15, 0.2) is 28.8 Å². The molecule has 0 bridgehead atoms. The van der Waals surface area contributed by atoms with E-state index in [1.165, 1.54) is 48.5 Å². The lowest BCUT2D eigenvalue weighted by Crippen LogP contribution is -2.75. The summed E-state index contributed by atoms with van der Waals surface area (Å²) in [5, 5.41) is 13.0. The molecule has 6 unspecified atom stereocenters. The topological polar surface area (TPSA) is 279 Å². The third-order valence-electron chi connectivity index (χ3n) is 13.0. The summed E-state index contributed by atoms with van der Waals surface area (Å²) in [5.41, 5.74) is -1.52. The molecule has 7 rings (SSSR count). The van der Waals surface area contributed by atoms with E-state index in [1.54, 1.807) is 48.5 Å². The second-order valence-corrected chi connectivity index (χ2v) is 19.5. The number of carbonyl (C=O) groups excluding carboxylic acids is 8. The van der Waals surface area contributed by atoms with Crippen molar-refractivity contribution in [1.82, 2.24) is 0 Å². The molecule has 0 spiro atoms. The van der Waals surface area contributed by atoms with Crippen molar-refractivity contribution in [3.63, 3.8) is 0 Å². The third-order valence-corrected chi connectivity index (χ3v) is 13.0. The quantitative estimate of drug-likeness (QED) is 0.0535. The van der Waals surface area contributed by atoms with E-state index in [9.17, 15) is 43.5 Å². The monoisotopic (exact) mass is 1100 g/mol. The number of hydrogen-bond acceptors (Lipinski definition) is 21. The molecule has 1 saturated carbocycles. The zero-order valence-electron chi connectivity index (χ0n) is 45.4. The Morgan fingerprint density at radius 1 is 0.557 bits per heavy atom. The first kappa shape index (κ1) is 59.0. The average molecular weight is 1100 g/mol. The molecule has 3 heterocycles. The van der Waals surface area contributed by atoms with Crippen molar-refractivity contribution in [3.05, 3.63) is 64.3 Å². The van der Waals surface area contributed by atoms with E-state index in [1.807, 2.05) is 0 Å². The van der Waals surface area contributed by atoms with E-state index in [2.05, 4.69) is 0 Å². The minimum absolute atomic E-state index is 0.00841. The molecule has 21 nitrogen and oxygen atoms in total. The molecule has 2 aliphatic heterocycles. The van der Waals surface area contributed by atoms with Crippen LogP contribution < -0.4 is 38.6 Å². The second kappa shape index (κ2) is 25.9. The zero-order chi connectivity index (χ0) is 57.2. The first-order valence-corrected chi connectivity index (χ1v) is 27.0. The number of fused-ring (bicyclic) bond motifs is 4. The number of esters is 7. The molecule has 0 radical (unpaired) electrons. The van der Waals surface area contributed by atoms with Gasteiger partial charge < -0.3 is 56.9 Å². The van der Waals surface area contributed by atoms with Gasteiger partial charge in [-0.1, -0.05) is 48.5 Å². The van der Waals surface area contributed by atoms with Crippen molar-refractivity contribution in [2.75, 3.05) is 0 Å². The molecule has 1 N–H and O–H groups in total. The molecule has 424 valence electrons. The SMILES string of the molecule is CCCC(=O)Oc1cc(OC(=O)CCC)c2c(=O)c(OC(=O)CCC)c(-c3ccc4c(c3)OC3(O)C(=O)C5C(OC(=O)CCC)CC(OC(=O)CCC)CC5OC3(c3ccc(OC(=O)CCC)c(OC(=O)CCC)c3)O4)oc2c1. The van der Waals surface area contributed by atoms with Crippen LogP contribution in [0, 0.1) is 5.92 Å². The number of benzene rings is 3. The predicted octanol–water partition coefficient (Wildman–Crippen LogP) is 9.10. The minimum Gasteiger partial charge on any atom is -0.462 e. The van der Waals surface area contributed by atoms with Gasteiger partial charge >= 0.3 is 53.4 Å². The molecular weight excluding hydrogens is 1030 g/mol. The van der Waals surface area contributed by atoms with Gasteiger partial charge in [-0.25, -0.2) is 0 Å². The van der Waals surface area contributed by atoms with Gasteiger partial charge in [0, 0.05) is 81.0 Å². The first-order chi connectivity index (χ1) is 37.8. The van der Waals surface area contributed by atoms with Crippen LogP contribution >= 0.6 is 0 Å². The lowest BCUT2D eigenvalue weighted by molar-refractivity contribution is -0.390. The summed E-state index contributed by atoms with van der Waals surface area (Å²) in [6, 6.07) is 10.0. The van der Waals surface area contributed by atoms with Crippen LogP contribution in [0.25, 0.3) is 22.3 Å². The fourth-order valence-electron chi connectivity index (χ4n) is 9.48. The molecule has 3 aliphatic rings. The van der Waals surface area contributed by atoms with Crippen LogP contribution in [0.3, 0.4) is 0 Å². The fraction of sp³-hybridized carbons (Fsp3) is 0.500. The average Bonchev–Trinajstić information content (AvgIpc) is 3.58. The van der Waals surface area contributed by atoms with E-state index in [0.717, 1.165) is 0 Å². The summed E-state index contributed by atoms with van der Waals surface area (Å²) >= 11 is 0. The molecular formula is C58H66O21. The summed E-state index contributed by atoms with van der Waals surface area (Å²) in [5.74, 6) is -16.1. The lowest BCUT2D eigenvalue weighted by atomic mass is 9.72. The molecule has 1 saturated heterocycles. The van der Waals surface area contributed by atoms with Crippen LogP contribution in [0.1, 0.15) is 157 Å². The molecule has 4 aromatic rings. The summed E-state index contributed by atoms with van der Waals surface area (Å²) < 4.78 is 66.4. The summed E-state index contributed by atoms with van der Waals surface area (Å²) in [4.78, 5) is 122. The number of ether oxygens (including phenoxy) is 10. The smallest absolute Gasteiger partial charge is 0.341 e. The molecule has 0 amide bonds. The number of hydrogen-bond donors (Lipinski definition) is 1. The van der Waals surface area contributed by atoms with E-state index in [4.69, 9.17) is 51.8 Å². The van der Waals surface area contributed by atoms with E-state index in [0.29, 0.717) is 44.9 Å². The van der Waals surface area contributed by atoms with Crippen LogP contribution in [-0.2, 0) is 58.4 Å². The Bertz CT molecular complexity index is 3050. The predicted molar refractivity (Wildman–Crippen MR) is 277 cm³/mol. The van der Waals surface area contributed by atoms with Gasteiger partial charge in [0.25, 0.3) is 0 Å². The van der Waals surface area contributed by atoms with Crippen LogP contribution in [-0.4, -0.2) is 76.8 Å². The molecule has 1 aliphatic carbocycles. The Morgan fingerprint density at radius 2 is 1.10 bits per heavy atom. The number of carbonyl (C=O) groups is 8. The maximum absolute atomic E-state index is 15.6. The van der Waals surface area contributed by atoms with Gasteiger partial charge in [0.1, 0.15) is 34.7 Å². The molecule has 6 atom stereocenters. The Morgan fingerprint density at radius 3 is 1.71 bits per heavy atom. The number of rotatable bonds is 23. The van der Waals surface area contributed by atoms with Crippen LogP contribution in [0.4, 0.5) is 0 Å². The highest BCUT2D eigenvalue weighted by atomic mass is 16.8. The van der Waals surface area contributed by atoms with Crippen molar-refractivity contribution in [2.24, 2.45) is 5.92 Å². The van der Waals surface area contributed by atoms with E-state index in [-0.39, 0.29) is 114 Å². The van der Waals surface area contributed by atoms with Gasteiger partial charge in [-0.15, -0.1) is 0 Å². The summed E-state index contributed by atoms with van der Waals surface area (Å²) in [6.07, 6.45) is -1.34. The highest BCUT2D eigenvalue weighted by molar-refractivity contribution is 5.94. The minimum atomic E-state index is -3.26. The molecule has 79 heavy (non-hydrogen) atoms. The highest BCUT2D eigenvalue weighted by Crippen LogP contribution is 2.57. The molecule has 21 heteroatoms. The Balaban J connectivity index is 1.45.